The third-order valence-electron chi connectivity index (χ3n) is 2.66. The Balaban J connectivity index is 2.21. The number of aryl methyl sites for hydroxylation is 2. The van der Waals surface area contributed by atoms with Gasteiger partial charge in [-0.15, -0.1) is 0 Å². The Morgan fingerprint density at radius 3 is 2.50 bits per heavy atom. The maximum atomic E-state index is 11.9. The quantitative estimate of drug-likeness (QED) is 0.684. The molecule has 0 unspecified atom stereocenters. The molecule has 3 heteroatoms. The van der Waals surface area contributed by atoms with Crippen LogP contribution in [0.5, 0.6) is 0 Å². The molecule has 1 amide bonds. The Labute approximate surface area is 83.7 Å². The van der Waals surface area contributed by atoms with Gasteiger partial charge in [0.25, 0.3) is 5.91 Å². The molecule has 0 saturated carbocycles. The van der Waals surface area contributed by atoms with E-state index in [1.807, 2.05) is 24.8 Å². The van der Waals surface area contributed by atoms with Crippen LogP contribution in [-0.4, -0.2) is 23.9 Å². The molecule has 0 bridgehead atoms. The molecule has 3 nitrogen and oxygen atoms in total. The summed E-state index contributed by atoms with van der Waals surface area (Å²) in [5, 5.41) is 0. The van der Waals surface area contributed by atoms with E-state index in [0.717, 1.165) is 43.0 Å². The standard InChI is InChI=1S/C11H15NO2/c1-8-7-10(9(2)14-8)11(13)12-5-3-4-6-12/h7H,3-6H2,1-2H3. The normalized spacial score (nSPS) is 16.3. The number of carbonyl (C=O) groups is 1. The lowest BCUT2D eigenvalue weighted by atomic mass is 10.2. The molecule has 2 heterocycles. The molecule has 0 atom stereocenters. The fraction of sp³-hybridized carbons (Fsp3) is 0.545. The zero-order valence-corrected chi connectivity index (χ0v) is 8.67. The minimum absolute atomic E-state index is 0.122. The number of hydrogen-bond acceptors (Lipinski definition) is 2. The van der Waals surface area contributed by atoms with Gasteiger partial charge < -0.3 is 9.32 Å². The summed E-state index contributed by atoms with van der Waals surface area (Å²) in [4.78, 5) is 13.8. The number of likely N-dealkylation sites (tertiary alicyclic amines) is 1. The summed E-state index contributed by atoms with van der Waals surface area (Å²) >= 11 is 0. The molecule has 0 N–H and O–H groups in total. The maximum Gasteiger partial charge on any atom is 0.257 e. The van der Waals surface area contributed by atoms with Gasteiger partial charge in [-0.25, -0.2) is 0 Å². The van der Waals surface area contributed by atoms with Crippen molar-refractivity contribution in [1.29, 1.82) is 0 Å². The van der Waals surface area contributed by atoms with Crippen molar-refractivity contribution in [3.8, 4) is 0 Å². The van der Waals surface area contributed by atoms with Crippen molar-refractivity contribution >= 4 is 5.91 Å². The number of hydrogen-bond donors (Lipinski definition) is 0. The van der Waals surface area contributed by atoms with Crippen molar-refractivity contribution in [3.63, 3.8) is 0 Å². The van der Waals surface area contributed by atoms with Gasteiger partial charge in [-0.2, -0.15) is 0 Å². The van der Waals surface area contributed by atoms with E-state index in [1.165, 1.54) is 0 Å². The van der Waals surface area contributed by atoms with Crippen LogP contribution in [0.25, 0.3) is 0 Å². The van der Waals surface area contributed by atoms with Crippen LogP contribution in [0.3, 0.4) is 0 Å². The predicted molar refractivity (Wildman–Crippen MR) is 53.3 cm³/mol. The molecule has 2 rings (SSSR count). The average Bonchev–Trinajstić information content (AvgIpc) is 2.73. The lowest BCUT2D eigenvalue weighted by Gasteiger charge is -2.13. The fourth-order valence-corrected chi connectivity index (χ4v) is 1.93. The summed E-state index contributed by atoms with van der Waals surface area (Å²) in [6, 6.07) is 1.83. The third-order valence-corrected chi connectivity index (χ3v) is 2.66. The molecular formula is C11H15NO2. The van der Waals surface area contributed by atoms with Gasteiger partial charge in [0.2, 0.25) is 0 Å². The Hall–Kier alpha value is -1.25. The van der Waals surface area contributed by atoms with Crippen LogP contribution in [0.1, 0.15) is 34.7 Å². The van der Waals surface area contributed by atoms with Crippen molar-refractivity contribution < 1.29 is 9.21 Å². The van der Waals surface area contributed by atoms with E-state index < -0.39 is 0 Å². The van der Waals surface area contributed by atoms with E-state index in [1.54, 1.807) is 0 Å². The second kappa shape index (κ2) is 3.48. The summed E-state index contributed by atoms with van der Waals surface area (Å²) in [6.45, 7) is 5.50. The first-order valence-corrected chi connectivity index (χ1v) is 5.05. The highest BCUT2D eigenvalue weighted by Gasteiger charge is 2.22. The van der Waals surface area contributed by atoms with Crippen LogP contribution in [0.4, 0.5) is 0 Å². The van der Waals surface area contributed by atoms with Crippen LogP contribution >= 0.6 is 0 Å². The van der Waals surface area contributed by atoms with Gasteiger partial charge in [-0.05, 0) is 32.8 Å². The highest BCUT2D eigenvalue weighted by Crippen LogP contribution is 2.18. The maximum absolute atomic E-state index is 11.9. The number of furan rings is 1. The Morgan fingerprint density at radius 1 is 1.36 bits per heavy atom. The first-order chi connectivity index (χ1) is 6.68. The molecular weight excluding hydrogens is 178 g/mol. The lowest BCUT2D eigenvalue weighted by molar-refractivity contribution is 0.0791. The second-order valence-electron chi connectivity index (χ2n) is 3.83. The zero-order valence-electron chi connectivity index (χ0n) is 8.67. The Bertz CT molecular complexity index is 348. The monoisotopic (exact) mass is 193 g/mol. The molecule has 1 fully saturated rings. The summed E-state index contributed by atoms with van der Waals surface area (Å²) in [5.74, 6) is 1.67. The van der Waals surface area contributed by atoms with E-state index in [0.29, 0.717) is 0 Å². The molecule has 1 aromatic rings. The zero-order chi connectivity index (χ0) is 10.1. The molecule has 0 aliphatic carbocycles. The van der Waals surface area contributed by atoms with E-state index >= 15 is 0 Å². The number of carbonyl (C=O) groups excluding carboxylic acids is 1. The van der Waals surface area contributed by atoms with Crippen molar-refractivity contribution in [2.75, 3.05) is 13.1 Å². The van der Waals surface area contributed by atoms with Crippen molar-refractivity contribution in [2.24, 2.45) is 0 Å². The van der Waals surface area contributed by atoms with Crippen LogP contribution < -0.4 is 0 Å². The van der Waals surface area contributed by atoms with Crippen LogP contribution in [0.2, 0.25) is 0 Å². The SMILES string of the molecule is Cc1cc(C(=O)N2CCCC2)c(C)o1. The molecule has 1 aliphatic heterocycles. The molecule has 0 spiro atoms. The Morgan fingerprint density at radius 2 is 2.00 bits per heavy atom. The number of rotatable bonds is 1. The van der Waals surface area contributed by atoms with Crippen LogP contribution in [-0.2, 0) is 0 Å². The summed E-state index contributed by atoms with van der Waals surface area (Å²) in [7, 11) is 0. The number of nitrogens with zero attached hydrogens (tertiary/aromatic N) is 1. The average molecular weight is 193 g/mol. The predicted octanol–water partition coefficient (Wildman–Crippen LogP) is 2.13. The first-order valence-electron chi connectivity index (χ1n) is 5.05. The van der Waals surface area contributed by atoms with E-state index in [-0.39, 0.29) is 5.91 Å². The van der Waals surface area contributed by atoms with Crippen molar-refractivity contribution in [3.05, 3.63) is 23.2 Å². The van der Waals surface area contributed by atoms with Gasteiger partial charge in [-0.3, -0.25) is 4.79 Å². The summed E-state index contributed by atoms with van der Waals surface area (Å²) in [5.41, 5.74) is 0.726. The third kappa shape index (κ3) is 1.54. The minimum Gasteiger partial charge on any atom is -0.466 e. The molecule has 14 heavy (non-hydrogen) atoms. The Kier molecular flexibility index (Phi) is 2.32. The second-order valence-corrected chi connectivity index (χ2v) is 3.83. The van der Waals surface area contributed by atoms with Crippen LogP contribution in [0.15, 0.2) is 10.5 Å². The number of amides is 1. The van der Waals surface area contributed by atoms with E-state index in [9.17, 15) is 4.79 Å². The summed E-state index contributed by atoms with van der Waals surface area (Å²) < 4.78 is 5.35. The van der Waals surface area contributed by atoms with Gasteiger partial charge >= 0.3 is 0 Å². The highest BCUT2D eigenvalue weighted by molar-refractivity contribution is 5.95. The smallest absolute Gasteiger partial charge is 0.257 e. The largest absolute Gasteiger partial charge is 0.466 e. The topological polar surface area (TPSA) is 33.5 Å². The van der Waals surface area contributed by atoms with Gasteiger partial charge in [0, 0.05) is 13.1 Å². The van der Waals surface area contributed by atoms with E-state index in [2.05, 4.69) is 0 Å². The molecule has 1 aliphatic rings. The molecule has 1 aromatic heterocycles. The van der Waals surface area contributed by atoms with Gasteiger partial charge in [0.1, 0.15) is 11.5 Å². The molecule has 1 saturated heterocycles. The van der Waals surface area contributed by atoms with Gasteiger partial charge in [0.05, 0.1) is 5.56 Å². The first kappa shape index (κ1) is 9.31. The minimum atomic E-state index is 0.122. The van der Waals surface area contributed by atoms with Gasteiger partial charge in [-0.1, -0.05) is 0 Å². The van der Waals surface area contributed by atoms with Crippen LogP contribution in [0, 0.1) is 13.8 Å². The van der Waals surface area contributed by atoms with E-state index in [4.69, 9.17) is 4.42 Å². The van der Waals surface area contributed by atoms with Crippen molar-refractivity contribution in [2.45, 2.75) is 26.7 Å². The van der Waals surface area contributed by atoms with Crippen molar-refractivity contribution in [1.82, 2.24) is 4.90 Å². The molecule has 0 radical (unpaired) electrons. The van der Waals surface area contributed by atoms with Gasteiger partial charge in [0.15, 0.2) is 0 Å². The summed E-state index contributed by atoms with van der Waals surface area (Å²) in [6.07, 6.45) is 2.25. The molecule has 76 valence electrons. The fourth-order valence-electron chi connectivity index (χ4n) is 1.93. The highest BCUT2D eigenvalue weighted by atomic mass is 16.3. The lowest BCUT2D eigenvalue weighted by Crippen LogP contribution is -2.27. The molecule has 0 aromatic carbocycles.